The number of hydrogen-bond acceptors (Lipinski definition) is 3. The van der Waals surface area contributed by atoms with Gasteiger partial charge in [-0.05, 0) is 43.4 Å². The molecular weight excluding hydrogens is 266 g/mol. The van der Waals surface area contributed by atoms with Crippen molar-refractivity contribution in [1.29, 1.82) is 0 Å². The van der Waals surface area contributed by atoms with Crippen LogP contribution in [0.4, 0.5) is 0 Å². The largest absolute Gasteiger partial charge is 0.497 e. The zero-order chi connectivity index (χ0) is 15.0. The van der Waals surface area contributed by atoms with Gasteiger partial charge in [-0.2, -0.15) is 0 Å². The average molecular weight is 289 g/mol. The lowest BCUT2D eigenvalue weighted by molar-refractivity contribution is -0.133. The lowest BCUT2D eigenvalue weighted by Crippen LogP contribution is -2.32. The number of methoxy groups -OCH3 is 2. The normalized spacial score (nSPS) is 27.6. The Morgan fingerprint density at radius 2 is 2.05 bits per heavy atom. The molecule has 3 atom stereocenters. The third kappa shape index (κ3) is 2.59. The number of amides is 1. The Balaban J connectivity index is 1.89. The maximum Gasteiger partial charge on any atom is 0.226 e. The molecule has 4 heteroatoms. The third-order valence-corrected chi connectivity index (χ3v) is 4.76. The van der Waals surface area contributed by atoms with Crippen molar-refractivity contribution >= 4 is 5.91 Å². The van der Waals surface area contributed by atoms with Crippen molar-refractivity contribution in [3.05, 3.63) is 23.8 Å². The maximum absolute atomic E-state index is 12.6. The molecule has 1 aromatic carbocycles. The van der Waals surface area contributed by atoms with Gasteiger partial charge >= 0.3 is 0 Å². The van der Waals surface area contributed by atoms with Crippen LogP contribution in [0.2, 0.25) is 0 Å². The van der Waals surface area contributed by atoms with Gasteiger partial charge in [0.25, 0.3) is 0 Å². The first-order chi connectivity index (χ1) is 10.2. The van der Waals surface area contributed by atoms with Gasteiger partial charge in [0.1, 0.15) is 11.5 Å². The summed E-state index contributed by atoms with van der Waals surface area (Å²) in [7, 11) is 3.34. The van der Waals surface area contributed by atoms with Gasteiger partial charge in [0.2, 0.25) is 5.91 Å². The summed E-state index contributed by atoms with van der Waals surface area (Å²) in [4.78, 5) is 14.7. The zero-order valence-electron chi connectivity index (χ0n) is 13.0. The van der Waals surface area contributed by atoms with Crippen LogP contribution < -0.4 is 9.47 Å². The molecule has 1 aromatic rings. The molecule has 1 aliphatic heterocycles. The highest BCUT2D eigenvalue weighted by atomic mass is 16.5. The number of ether oxygens (including phenoxy) is 2. The van der Waals surface area contributed by atoms with E-state index in [0.717, 1.165) is 42.9 Å². The summed E-state index contributed by atoms with van der Waals surface area (Å²) < 4.78 is 10.8. The van der Waals surface area contributed by atoms with Crippen molar-refractivity contribution in [2.75, 3.05) is 20.8 Å². The van der Waals surface area contributed by atoms with Gasteiger partial charge in [0, 0.05) is 18.0 Å². The second-order valence-corrected chi connectivity index (χ2v) is 6.12. The summed E-state index contributed by atoms with van der Waals surface area (Å²) in [6.07, 6.45) is 3.09. The molecule has 2 fully saturated rings. The van der Waals surface area contributed by atoms with Crippen LogP contribution in [0.1, 0.15) is 37.8 Å². The van der Waals surface area contributed by atoms with Crippen LogP contribution in [-0.4, -0.2) is 31.6 Å². The van der Waals surface area contributed by atoms with Gasteiger partial charge in [-0.25, -0.2) is 0 Å². The average Bonchev–Trinajstić information content (AvgIpc) is 3.04. The molecule has 0 N–H and O–H groups in total. The minimum atomic E-state index is 0.121. The highest BCUT2D eigenvalue weighted by Gasteiger charge is 2.44. The highest BCUT2D eigenvalue weighted by Crippen LogP contribution is 2.44. The third-order valence-electron chi connectivity index (χ3n) is 4.76. The smallest absolute Gasteiger partial charge is 0.226 e. The van der Waals surface area contributed by atoms with Crippen LogP contribution >= 0.6 is 0 Å². The van der Waals surface area contributed by atoms with E-state index in [0.29, 0.717) is 11.8 Å². The van der Waals surface area contributed by atoms with Crippen molar-refractivity contribution in [3.63, 3.8) is 0 Å². The Morgan fingerprint density at radius 1 is 1.29 bits per heavy atom. The van der Waals surface area contributed by atoms with Crippen LogP contribution in [0.25, 0.3) is 0 Å². The summed E-state index contributed by atoms with van der Waals surface area (Å²) in [6.45, 7) is 3.01. The van der Waals surface area contributed by atoms with E-state index in [-0.39, 0.29) is 12.0 Å². The summed E-state index contributed by atoms with van der Waals surface area (Å²) in [5.41, 5.74) is 1.07. The fourth-order valence-corrected chi connectivity index (χ4v) is 3.33. The van der Waals surface area contributed by atoms with E-state index in [9.17, 15) is 4.79 Å². The number of carbonyl (C=O) groups excluding carboxylic acids is 1. The fourth-order valence-electron chi connectivity index (χ4n) is 3.33. The molecule has 1 saturated heterocycles. The van der Waals surface area contributed by atoms with Gasteiger partial charge in [0.05, 0.1) is 20.3 Å². The Hall–Kier alpha value is -1.71. The number of likely N-dealkylation sites (tertiary alicyclic amines) is 1. The summed E-state index contributed by atoms with van der Waals surface area (Å²) >= 11 is 0. The van der Waals surface area contributed by atoms with E-state index in [4.69, 9.17) is 9.47 Å². The van der Waals surface area contributed by atoms with Gasteiger partial charge in [-0.15, -0.1) is 0 Å². The Labute approximate surface area is 126 Å². The van der Waals surface area contributed by atoms with Crippen molar-refractivity contribution in [2.45, 2.75) is 32.2 Å². The SMILES string of the molecule is COc1ccc(OC)c(C2CCCN2C(=O)C2CC2C)c1. The van der Waals surface area contributed by atoms with Crippen molar-refractivity contribution in [1.82, 2.24) is 4.90 Å². The van der Waals surface area contributed by atoms with Crippen LogP contribution in [0.5, 0.6) is 11.5 Å². The molecule has 0 radical (unpaired) electrons. The quantitative estimate of drug-likeness (QED) is 0.855. The molecule has 21 heavy (non-hydrogen) atoms. The molecule has 3 unspecified atom stereocenters. The molecule has 2 aliphatic rings. The highest BCUT2D eigenvalue weighted by molar-refractivity contribution is 5.82. The fraction of sp³-hybridized carbons (Fsp3) is 0.588. The van der Waals surface area contributed by atoms with E-state index in [1.54, 1.807) is 14.2 Å². The lowest BCUT2D eigenvalue weighted by Gasteiger charge is -2.27. The predicted octanol–water partition coefficient (Wildman–Crippen LogP) is 3.02. The van der Waals surface area contributed by atoms with Crippen molar-refractivity contribution < 1.29 is 14.3 Å². The zero-order valence-corrected chi connectivity index (χ0v) is 13.0. The van der Waals surface area contributed by atoms with Gasteiger partial charge in [-0.3, -0.25) is 4.79 Å². The summed E-state index contributed by atoms with van der Waals surface area (Å²) in [5, 5.41) is 0. The molecule has 0 spiro atoms. The van der Waals surface area contributed by atoms with Gasteiger partial charge in [-0.1, -0.05) is 6.92 Å². The first-order valence-electron chi connectivity index (χ1n) is 7.68. The number of rotatable bonds is 4. The molecule has 3 rings (SSSR count). The van der Waals surface area contributed by atoms with Crippen LogP contribution in [0.15, 0.2) is 18.2 Å². The minimum Gasteiger partial charge on any atom is -0.497 e. The second kappa shape index (κ2) is 5.58. The van der Waals surface area contributed by atoms with E-state index < -0.39 is 0 Å². The molecule has 4 nitrogen and oxygen atoms in total. The molecule has 114 valence electrons. The summed E-state index contributed by atoms with van der Waals surface area (Å²) in [5.74, 6) is 2.75. The van der Waals surface area contributed by atoms with Gasteiger partial charge < -0.3 is 14.4 Å². The number of benzene rings is 1. The topological polar surface area (TPSA) is 38.8 Å². The Bertz CT molecular complexity index is 543. The van der Waals surface area contributed by atoms with Crippen LogP contribution in [0.3, 0.4) is 0 Å². The first kappa shape index (κ1) is 14.2. The standard InChI is InChI=1S/C17H23NO3/c1-11-9-13(11)17(19)18-8-4-5-15(18)14-10-12(20-2)6-7-16(14)21-3/h6-7,10-11,13,15H,4-5,8-9H2,1-3H3. The monoisotopic (exact) mass is 289 g/mol. The van der Waals surface area contributed by atoms with E-state index >= 15 is 0 Å². The van der Waals surface area contributed by atoms with E-state index in [1.807, 2.05) is 23.1 Å². The second-order valence-electron chi connectivity index (χ2n) is 6.12. The van der Waals surface area contributed by atoms with Crippen molar-refractivity contribution in [2.24, 2.45) is 11.8 Å². The van der Waals surface area contributed by atoms with Gasteiger partial charge in [0.15, 0.2) is 0 Å². The van der Waals surface area contributed by atoms with Crippen molar-refractivity contribution in [3.8, 4) is 11.5 Å². The van der Waals surface area contributed by atoms with E-state index in [1.165, 1.54) is 0 Å². The number of nitrogens with zero attached hydrogens (tertiary/aromatic N) is 1. The lowest BCUT2D eigenvalue weighted by atomic mass is 10.0. The Morgan fingerprint density at radius 3 is 2.67 bits per heavy atom. The molecule has 1 amide bonds. The van der Waals surface area contributed by atoms with E-state index in [2.05, 4.69) is 6.92 Å². The van der Waals surface area contributed by atoms with Crippen LogP contribution in [0, 0.1) is 11.8 Å². The minimum absolute atomic E-state index is 0.121. The molecule has 1 heterocycles. The van der Waals surface area contributed by atoms with Crippen LogP contribution in [-0.2, 0) is 4.79 Å². The molecule has 1 saturated carbocycles. The molecule has 1 aliphatic carbocycles. The molecular formula is C17H23NO3. The first-order valence-corrected chi connectivity index (χ1v) is 7.68. The summed E-state index contributed by atoms with van der Waals surface area (Å²) in [6, 6.07) is 5.95. The number of carbonyl (C=O) groups is 1. The number of hydrogen-bond donors (Lipinski definition) is 0. The molecule has 0 bridgehead atoms. The Kier molecular flexibility index (Phi) is 3.79. The molecule has 0 aromatic heterocycles. The predicted molar refractivity (Wildman–Crippen MR) is 80.5 cm³/mol. The maximum atomic E-state index is 12.6.